The van der Waals surface area contributed by atoms with Crippen LogP contribution in [0.1, 0.15) is 51.5 Å². The third-order valence-electron chi connectivity index (χ3n) is 5.02. The van der Waals surface area contributed by atoms with Crippen molar-refractivity contribution < 1.29 is 9.53 Å². The van der Waals surface area contributed by atoms with E-state index >= 15 is 0 Å². The number of nitrogens with zero attached hydrogens (tertiary/aromatic N) is 2. The summed E-state index contributed by atoms with van der Waals surface area (Å²) in [6.07, 6.45) is 8.79. The van der Waals surface area contributed by atoms with E-state index in [4.69, 9.17) is 4.74 Å². The van der Waals surface area contributed by atoms with Crippen LogP contribution in [-0.2, 0) is 24.1 Å². The lowest BCUT2D eigenvalue weighted by atomic mass is 9.99. The van der Waals surface area contributed by atoms with E-state index in [1.54, 1.807) is 17.5 Å². The van der Waals surface area contributed by atoms with Gasteiger partial charge in [-0.15, -0.1) is 11.3 Å². The monoisotopic (exact) mass is 356 g/mol. The molecule has 4 rings (SSSR count). The number of fused-ring (bicyclic) bond motifs is 1. The number of pyridine rings is 1. The Kier molecular flexibility index (Phi) is 5.13. The van der Waals surface area contributed by atoms with Crippen LogP contribution in [0.25, 0.3) is 0 Å². The van der Waals surface area contributed by atoms with Crippen LogP contribution in [0, 0.1) is 0 Å². The highest BCUT2D eigenvalue weighted by Crippen LogP contribution is 2.31. The second-order valence-corrected chi connectivity index (χ2v) is 8.04. The van der Waals surface area contributed by atoms with Gasteiger partial charge >= 0.3 is 0 Å². The van der Waals surface area contributed by atoms with Gasteiger partial charge in [-0.05, 0) is 62.3 Å². The Morgan fingerprint density at radius 2 is 2.20 bits per heavy atom. The van der Waals surface area contributed by atoms with E-state index in [0.717, 1.165) is 42.9 Å². The van der Waals surface area contributed by atoms with Crippen molar-refractivity contribution in [3.63, 3.8) is 0 Å². The standard InChI is InChI=1S/C20H24N2O2S/c23-20(19-12-15-6-1-2-9-18(15)25-19)22(14-17-8-5-11-24-17)13-16-7-3-4-10-21-16/h3-4,7,10,12,17H,1-2,5-6,8-9,11,13-14H2. The zero-order valence-corrected chi connectivity index (χ0v) is 15.3. The van der Waals surface area contributed by atoms with Crippen molar-refractivity contribution in [1.29, 1.82) is 0 Å². The highest BCUT2D eigenvalue weighted by molar-refractivity contribution is 7.14. The number of thiophene rings is 1. The summed E-state index contributed by atoms with van der Waals surface area (Å²) in [5.74, 6) is 0.126. The third-order valence-corrected chi connectivity index (χ3v) is 6.25. The van der Waals surface area contributed by atoms with Crippen LogP contribution in [0.5, 0.6) is 0 Å². The van der Waals surface area contributed by atoms with Crippen molar-refractivity contribution in [2.45, 2.75) is 51.2 Å². The molecule has 4 nitrogen and oxygen atoms in total. The Morgan fingerprint density at radius 1 is 1.28 bits per heavy atom. The molecule has 0 radical (unpaired) electrons. The van der Waals surface area contributed by atoms with Crippen LogP contribution in [-0.4, -0.2) is 35.0 Å². The first-order chi connectivity index (χ1) is 12.3. The molecule has 2 aliphatic rings. The van der Waals surface area contributed by atoms with E-state index in [1.165, 1.54) is 23.3 Å². The molecule has 1 aliphatic carbocycles. The van der Waals surface area contributed by atoms with Crippen LogP contribution >= 0.6 is 11.3 Å². The maximum atomic E-state index is 13.2. The normalized spacial score (nSPS) is 19.6. The van der Waals surface area contributed by atoms with Crippen LogP contribution in [0.15, 0.2) is 30.5 Å². The number of hydrogen-bond acceptors (Lipinski definition) is 4. The Balaban J connectivity index is 1.55. The molecule has 1 saturated heterocycles. The summed E-state index contributed by atoms with van der Waals surface area (Å²) in [6.45, 7) is 2.00. The number of rotatable bonds is 5. The predicted molar refractivity (Wildman–Crippen MR) is 98.9 cm³/mol. The lowest BCUT2D eigenvalue weighted by molar-refractivity contribution is 0.0508. The van der Waals surface area contributed by atoms with Gasteiger partial charge in [0.1, 0.15) is 0 Å². The highest BCUT2D eigenvalue weighted by Gasteiger charge is 2.26. The van der Waals surface area contributed by atoms with Crippen LogP contribution in [0.4, 0.5) is 0 Å². The summed E-state index contributed by atoms with van der Waals surface area (Å²) in [5.41, 5.74) is 2.31. The fourth-order valence-corrected chi connectivity index (χ4v) is 4.91. The molecule has 0 saturated carbocycles. The summed E-state index contributed by atoms with van der Waals surface area (Å²) < 4.78 is 5.78. The van der Waals surface area contributed by atoms with Gasteiger partial charge < -0.3 is 9.64 Å². The summed E-state index contributed by atoms with van der Waals surface area (Å²) in [7, 11) is 0. The number of carbonyl (C=O) groups is 1. The number of hydrogen-bond donors (Lipinski definition) is 0. The van der Waals surface area contributed by atoms with Gasteiger partial charge in [0.15, 0.2) is 0 Å². The highest BCUT2D eigenvalue weighted by atomic mass is 32.1. The molecule has 1 atom stereocenters. The van der Waals surface area contributed by atoms with Gasteiger partial charge in [-0.25, -0.2) is 0 Å². The summed E-state index contributed by atoms with van der Waals surface area (Å²) in [6, 6.07) is 7.99. The topological polar surface area (TPSA) is 42.4 Å². The van der Waals surface area contributed by atoms with Crippen LogP contribution in [0.2, 0.25) is 0 Å². The second-order valence-electron chi connectivity index (χ2n) is 6.91. The van der Waals surface area contributed by atoms with E-state index in [-0.39, 0.29) is 12.0 Å². The summed E-state index contributed by atoms with van der Waals surface area (Å²) >= 11 is 1.69. The minimum Gasteiger partial charge on any atom is -0.376 e. The number of amides is 1. The molecule has 25 heavy (non-hydrogen) atoms. The van der Waals surface area contributed by atoms with Gasteiger partial charge in [0.05, 0.1) is 23.2 Å². The first kappa shape index (κ1) is 16.7. The van der Waals surface area contributed by atoms with Crippen molar-refractivity contribution in [2.24, 2.45) is 0 Å². The molecule has 1 unspecified atom stereocenters. The number of aromatic nitrogens is 1. The van der Waals surface area contributed by atoms with Crippen molar-refractivity contribution in [3.8, 4) is 0 Å². The first-order valence-corrected chi connectivity index (χ1v) is 10.0. The number of carbonyl (C=O) groups excluding carboxylic acids is 1. The van der Waals surface area contributed by atoms with E-state index in [0.29, 0.717) is 13.1 Å². The third kappa shape index (κ3) is 3.93. The smallest absolute Gasteiger partial charge is 0.264 e. The van der Waals surface area contributed by atoms with E-state index in [2.05, 4.69) is 11.1 Å². The van der Waals surface area contributed by atoms with E-state index < -0.39 is 0 Å². The summed E-state index contributed by atoms with van der Waals surface area (Å²) in [5, 5.41) is 0. The maximum Gasteiger partial charge on any atom is 0.264 e. The molecule has 2 aromatic heterocycles. The SMILES string of the molecule is O=C(c1cc2c(s1)CCCC2)N(Cc1ccccn1)CC1CCCO1. The van der Waals surface area contributed by atoms with Crippen molar-refractivity contribution >= 4 is 17.2 Å². The maximum absolute atomic E-state index is 13.2. The molecular formula is C20H24N2O2S. The molecule has 0 N–H and O–H groups in total. The predicted octanol–water partition coefficient (Wildman–Crippen LogP) is 3.84. The molecular weight excluding hydrogens is 332 g/mol. The largest absolute Gasteiger partial charge is 0.376 e. The molecule has 2 aromatic rings. The molecule has 0 bridgehead atoms. The fourth-order valence-electron chi connectivity index (χ4n) is 3.69. The minimum atomic E-state index is 0.126. The molecule has 1 amide bonds. The van der Waals surface area contributed by atoms with Crippen LogP contribution in [0.3, 0.4) is 0 Å². The van der Waals surface area contributed by atoms with E-state index in [1.807, 2.05) is 23.1 Å². The lowest BCUT2D eigenvalue weighted by Crippen LogP contribution is -2.36. The van der Waals surface area contributed by atoms with Gasteiger partial charge in [-0.3, -0.25) is 9.78 Å². The van der Waals surface area contributed by atoms with Crippen LogP contribution < -0.4 is 0 Å². The molecule has 1 aliphatic heterocycles. The van der Waals surface area contributed by atoms with Crippen molar-refractivity contribution in [2.75, 3.05) is 13.2 Å². The average Bonchev–Trinajstić information content (AvgIpc) is 3.30. The Morgan fingerprint density at radius 3 is 2.96 bits per heavy atom. The second kappa shape index (κ2) is 7.67. The quantitative estimate of drug-likeness (QED) is 0.817. The zero-order chi connectivity index (χ0) is 17.1. The Hall–Kier alpha value is -1.72. The fraction of sp³-hybridized carbons (Fsp3) is 0.500. The van der Waals surface area contributed by atoms with Gasteiger partial charge in [0.2, 0.25) is 0 Å². The average molecular weight is 356 g/mol. The van der Waals surface area contributed by atoms with Gasteiger partial charge in [0, 0.05) is 24.2 Å². The molecule has 1 fully saturated rings. The molecule has 132 valence electrons. The zero-order valence-electron chi connectivity index (χ0n) is 14.4. The molecule has 3 heterocycles. The number of aryl methyl sites for hydroxylation is 2. The number of ether oxygens (including phenoxy) is 1. The Bertz CT molecular complexity index is 699. The minimum absolute atomic E-state index is 0.126. The molecule has 0 spiro atoms. The first-order valence-electron chi connectivity index (χ1n) is 9.22. The summed E-state index contributed by atoms with van der Waals surface area (Å²) in [4.78, 5) is 21.8. The molecule has 0 aromatic carbocycles. The Labute approximate surface area is 152 Å². The van der Waals surface area contributed by atoms with Crippen molar-refractivity contribution in [1.82, 2.24) is 9.88 Å². The van der Waals surface area contributed by atoms with Gasteiger partial charge in [-0.1, -0.05) is 6.07 Å². The van der Waals surface area contributed by atoms with Gasteiger partial charge in [0.25, 0.3) is 5.91 Å². The van der Waals surface area contributed by atoms with E-state index in [9.17, 15) is 4.79 Å². The van der Waals surface area contributed by atoms with Gasteiger partial charge in [-0.2, -0.15) is 0 Å². The van der Waals surface area contributed by atoms with Crippen molar-refractivity contribution in [3.05, 3.63) is 51.5 Å². The molecule has 5 heteroatoms. The lowest BCUT2D eigenvalue weighted by Gasteiger charge is -2.24.